The van der Waals surface area contributed by atoms with Gasteiger partial charge in [-0.1, -0.05) is 30.3 Å². The van der Waals surface area contributed by atoms with Gasteiger partial charge in [0.1, 0.15) is 0 Å². The lowest BCUT2D eigenvalue weighted by Crippen LogP contribution is -2.10. The van der Waals surface area contributed by atoms with E-state index < -0.39 is 9.85 Å². The highest BCUT2D eigenvalue weighted by molar-refractivity contribution is 9.10. The summed E-state index contributed by atoms with van der Waals surface area (Å²) < 4.78 is 0.967. The number of rotatable bonds is 5. The van der Waals surface area contributed by atoms with Gasteiger partial charge in [-0.2, -0.15) is 0 Å². The minimum atomic E-state index is -0.446. The molecule has 0 radical (unpaired) electrons. The number of non-ortho nitro benzene ring substituents is 2. The fourth-order valence-electron chi connectivity index (χ4n) is 4.03. The molecule has 7 nitrogen and oxygen atoms in total. The Bertz CT molecular complexity index is 1510. The summed E-state index contributed by atoms with van der Waals surface area (Å²) in [5.74, 6) is 0. The first-order chi connectivity index (χ1) is 16.4. The molecule has 0 aliphatic heterocycles. The summed E-state index contributed by atoms with van der Waals surface area (Å²) in [7, 11) is 0. The van der Waals surface area contributed by atoms with Crippen LogP contribution in [0.3, 0.4) is 0 Å². The molecule has 0 atom stereocenters. The molecule has 0 aliphatic rings. The topological polar surface area (TPSA) is 89.5 Å². The van der Waals surface area contributed by atoms with Crippen molar-refractivity contribution >= 4 is 65.9 Å². The van der Waals surface area contributed by atoms with Gasteiger partial charge in [-0.05, 0) is 79.9 Å². The largest absolute Gasteiger partial charge is 0.310 e. The van der Waals surface area contributed by atoms with Gasteiger partial charge in [0.2, 0.25) is 0 Å². The number of hydrogen-bond acceptors (Lipinski definition) is 5. The van der Waals surface area contributed by atoms with Crippen LogP contribution in [-0.2, 0) is 0 Å². The molecule has 34 heavy (non-hydrogen) atoms. The highest BCUT2D eigenvalue weighted by Gasteiger charge is 2.17. The fourth-order valence-corrected chi connectivity index (χ4v) is 4.73. The van der Waals surface area contributed by atoms with Gasteiger partial charge in [-0.25, -0.2) is 0 Å². The van der Waals surface area contributed by atoms with E-state index in [2.05, 4.69) is 34.1 Å². The van der Waals surface area contributed by atoms with E-state index in [0.29, 0.717) is 11.4 Å². The van der Waals surface area contributed by atoms with Crippen LogP contribution in [0.5, 0.6) is 0 Å². The highest BCUT2D eigenvalue weighted by atomic mass is 79.9. The van der Waals surface area contributed by atoms with Gasteiger partial charge in [-0.3, -0.25) is 20.2 Å². The lowest BCUT2D eigenvalue weighted by Gasteiger charge is -2.26. The number of fused-ring (bicyclic) bond motifs is 2. The normalized spacial score (nSPS) is 11.0. The van der Waals surface area contributed by atoms with Crippen LogP contribution in [0.25, 0.3) is 21.5 Å². The Hall–Kier alpha value is -4.30. The van der Waals surface area contributed by atoms with E-state index in [1.165, 1.54) is 24.3 Å². The number of nitro groups is 2. The molecule has 0 bridgehead atoms. The third kappa shape index (κ3) is 3.84. The molecule has 166 valence electrons. The molecule has 0 saturated heterocycles. The maximum atomic E-state index is 11.1. The van der Waals surface area contributed by atoms with Gasteiger partial charge in [0.05, 0.1) is 9.85 Å². The third-order valence-electron chi connectivity index (χ3n) is 5.68. The van der Waals surface area contributed by atoms with Gasteiger partial charge in [0.25, 0.3) is 11.4 Å². The van der Waals surface area contributed by atoms with Crippen molar-refractivity contribution in [1.82, 2.24) is 0 Å². The molecule has 0 aromatic heterocycles. The molecule has 0 unspecified atom stereocenters. The molecule has 0 heterocycles. The number of anilines is 3. The van der Waals surface area contributed by atoms with Crippen molar-refractivity contribution < 1.29 is 9.85 Å². The molecule has 0 spiro atoms. The van der Waals surface area contributed by atoms with Crippen molar-refractivity contribution in [2.75, 3.05) is 4.90 Å². The van der Waals surface area contributed by atoms with Crippen molar-refractivity contribution in [2.24, 2.45) is 0 Å². The van der Waals surface area contributed by atoms with E-state index in [-0.39, 0.29) is 11.4 Å². The van der Waals surface area contributed by atoms with Crippen LogP contribution >= 0.6 is 15.9 Å². The Morgan fingerprint density at radius 1 is 0.588 bits per heavy atom. The smallest absolute Gasteiger partial charge is 0.269 e. The summed E-state index contributed by atoms with van der Waals surface area (Å²) in [5, 5.41) is 26.5. The first-order valence-corrected chi connectivity index (χ1v) is 11.1. The third-order valence-corrected chi connectivity index (χ3v) is 6.53. The molecule has 0 saturated carbocycles. The van der Waals surface area contributed by atoms with Crippen molar-refractivity contribution in [3.05, 3.63) is 122 Å². The Morgan fingerprint density at radius 3 is 1.65 bits per heavy atom. The SMILES string of the molecule is O=[N+]([O-])c1ccc(N(c2ccc([N+](=O)[O-])cc2)c2ccc3cc4ccccc4c(Br)c3c2)cc1. The second kappa shape index (κ2) is 8.57. The van der Waals surface area contributed by atoms with E-state index in [0.717, 1.165) is 31.7 Å². The van der Waals surface area contributed by atoms with E-state index in [4.69, 9.17) is 0 Å². The molecular weight excluding hydrogens is 498 g/mol. The average molecular weight is 514 g/mol. The summed E-state index contributed by atoms with van der Waals surface area (Å²) in [6, 6.07) is 28.7. The molecule has 0 N–H and O–H groups in total. The summed E-state index contributed by atoms with van der Waals surface area (Å²) in [6.45, 7) is 0. The van der Waals surface area contributed by atoms with Crippen LogP contribution in [0.1, 0.15) is 0 Å². The first kappa shape index (κ1) is 21.5. The van der Waals surface area contributed by atoms with Gasteiger partial charge < -0.3 is 4.90 Å². The van der Waals surface area contributed by atoms with Crippen LogP contribution in [0.15, 0.2) is 102 Å². The van der Waals surface area contributed by atoms with Crippen molar-refractivity contribution in [3.8, 4) is 0 Å². The monoisotopic (exact) mass is 513 g/mol. The summed E-state index contributed by atoms with van der Waals surface area (Å²) in [5.41, 5.74) is 2.16. The van der Waals surface area contributed by atoms with Crippen LogP contribution < -0.4 is 4.90 Å². The Kier molecular flexibility index (Phi) is 5.43. The number of hydrogen-bond donors (Lipinski definition) is 0. The Balaban J connectivity index is 1.70. The van der Waals surface area contributed by atoms with Crippen LogP contribution in [0.4, 0.5) is 28.4 Å². The quantitative estimate of drug-likeness (QED) is 0.135. The predicted octanol–water partition coefficient (Wildman–Crippen LogP) is 8.04. The minimum Gasteiger partial charge on any atom is -0.310 e. The van der Waals surface area contributed by atoms with Crippen LogP contribution in [0, 0.1) is 20.2 Å². The number of benzene rings is 5. The summed E-state index contributed by atoms with van der Waals surface area (Å²) >= 11 is 3.76. The number of nitrogens with zero attached hydrogens (tertiary/aromatic N) is 3. The van der Waals surface area contributed by atoms with Crippen LogP contribution in [0.2, 0.25) is 0 Å². The lowest BCUT2D eigenvalue weighted by molar-refractivity contribution is -0.385. The zero-order valence-corrected chi connectivity index (χ0v) is 19.2. The maximum absolute atomic E-state index is 11.1. The van der Waals surface area contributed by atoms with Gasteiger partial charge in [0, 0.05) is 45.8 Å². The molecule has 5 aromatic carbocycles. The molecule has 5 rings (SSSR count). The standard InChI is InChI=1S/C26H16BrN3O4/c27-26-24-4-2-1-3-17(24)15-18-5-6-23(16-25(18)26)28(19-7-11-21(12-8-19)29(31)32)20-9-13-22(14-10-20)30(33)34/h1-16H. The Morgan fingerprint density at radius 2 is 1.09 bits per heavy atom. The first-order valence-electron chi connectivity index (χ1n) is 10.3. The van der Waals surface area contributed by atoms with Crippen molar-refractivity contribution in [3.63, 3.8) is 0 Å². The Labute approximate surface area is 202 Å². The zero-order chi connectivity index (χ0) is 23.8. The van der Waals surface area contributed by atoms with Gasteiger partial charge in [-0.15, -0.1) is 0 Å². The average Bonchev–Trinajstić information content (AvgIpc) is 2.85. The van der Waals surface area contributed by atoms with E-state index in [9.17, 15) is 20.2 Å². The highest BCUT2D eigenvalue weighted by Crippen LogP contribution is 2.40. The van der Waals surface area contributed by atoms with E-state index >= 15 is 0 Å². The minimum absolute atomic E-state index is 0.0138. The molecule has 0 amide bonds. The predicted molar refractivity (Wildman–Crippen MR) is 137 cm³/mol. The lowest BCUT2D eigenvalue weighted by atomic mass is 10.0. The van der Waals surface area contributed by atoms with E-state index in [1.54, 1.807) is 24.3 Å². The number of halogens is 1. The summed E-state index contributed by atoms with van der Waals surface area (Å²) in [4.78, 5) is 23.3. The molecule has 8 heteroatoms. The van der Waals surface area contributed by atoms with Crippen LogP contribution in [-0.4, -0.2) is 9.85 Å². The van der Waals surface area contributed by atoms with E-state index in [1.807, 2.05) is 35.2 Å². The molecule has 0 aliphatic carbocycles. The molecular formula is C26H16BrN3O4. The van der Waals surface area contributed by atoms with Gasteiger partial charge >= 0.3 is 0 Å². The van der Waals surface area contributed by atoms with Gasteiger partial charge in [0.15, 0.2) is 0 Å². The van der Waals surface area contributed by atoms with Crippen molar-refractivity contribution in [2.45, 2.75) is 0 Å². The van der Waals surface area contributed by atoms with Crippen molar-refractivity contribution in [1.29, 1.82) is 0 Å². The second-order valence-electron chi connectivity index (χ2n) is 7.70. The molecule has 0 fully saturated rings. The fraction of sp³-hybridized carbons (Fsp3) is 0. The maximum Gasteiger partial charge on any atom is 0.269 e. The second-order valence-corrected chi connectivity index (χ2v) is 8.49. The molecule has 5 aromatic rings. The summed E-state index contributed by atoms with van der Waals surface area (Å²) in [6.07, 6.45) is 0. The number of nitro benzene ring substituents is 2. The zero-order valence-electron chi connectivity index (χ0n) is 17.6.